The fourth-order valence-corrected chi connectivity index (χ4v) is 3.92. The Hall–Kier alpha value is -2.35. The summed E-state index contributed by atoms with van der Waals surface area (Å²) in [5, 5.41) is 0.663. The Bertz CT molecular complexity index is 971. The normalized spacial score (nSPS) is 11.2. The molecule has 2 aromatic heterocycles. The fourth-order valence-electron chi connectivity index (χ4n) is 3.14. The number of halogens is 1. The third kappa shape index (κ3) is 3.92. The van der Waals surface area contributed by atoms with Crippen LogP contribution in [0.1, 0.15) is 32.2 Å². The van der Waals surface area contributed by atoms with E-state index < -0.39 is 0 Å². The molecule has 8 heteroatoms. The lowest BCUT2D eigenvalue weighted by atomic mass is 10.2. The van der Waals surface area contributed by atoms with Gasteiger partial charge in [0.2, 0.25) is 0 Å². The molecule has 0 radical (unpaired) electrons. The van der Waals surface area contributed by atoms with Crippen LogP contribution in [0.15, 0.2) is 23.4 Å². The van der Waals surface area contributed by atoms with Gasteiger partial charge >= 0.3 is 0 Å². The number of imidazole rings is 1. The van der Waals surface area contributed by atoms with Crippen molar-refractivity contribution in [2.75, 3.05) is 25.1 Å². The molecule has 1 aromatic carbocycles. The summed E-state index contributed by atoms with van der Waals surface area (Å²) in [6, 6.07) is 5.00. The predicted octanol–water partition coefficient (Wildman–Crippen LogP) is 4.21. The summed E-state index contributed by atoms with van der Waals surface area (Å²) in [7, 11) is 3.45. The highest BCUT2D eigenvalue weighted by Gasteiger charge is 2.19. The maximum atomic E-state index is 14.0. The van der Waals surface area contributed by atoms with Crippen LogP contribution in [0.2, 0.25) is 0 Å². The third-order valence-electron chi connectivity index (χ3n) is 4.74. The number of methoxy groups -OCH3 is 1. The Labute approximate surface area is 169 Å². The molecule has 2 heterocycles. The molecule has 0 atom stereocenters. The molecule has 0 aliphatic rings. The van der Waals surface area contributed by atoms with Gasteiger partial charge in [0.25, 0.3) is 0 Å². The van der Waals surface area contributed by atoms with E-state index in [1.165, 1.54) is 24.9 Å². The Kier molecular flexibility index (Phi) is 6.39. The summed E-state index contributed by atoms with van der Waals surface area (Å²) in [5.41, 5.74) is 2.52. The summed E-state index contributed by atoms with van der Waals surface area (Å²) >= 11 is 1.49. The van der Waals surface area contributed by atoms with Crippen LogP contribution in [-0.4, -0.2) is 39.7 Å². The minimum atomic E-state index is -0.361. The van der Waals surface area contributed by atoms with Crippen LogP contribution in [0, 0.1) is 5.82 Å². The van der Waals surface area contributed by atoms with E-state index in [9.17, 15) is 4.39 Å². The standard InChI is InChI=1S/C20H26FN5OS/c1-6-16-22-17-18(25(16)4)23-20(24-19(17)26(7-2)8-3)28-12-13-9-10-15(27-5)14(21)11-13/h9-11H,6-8,12H2,1-5H3. The van der Waals surface area contributed by atoms with Crippen LogP contribution in [-0.2, 0) is 19.2 Å². The number of aryl methyl sites for hydroxylation is 2. The van der Waals surface area contributed by atoms with Crippen molar-refractivity contribution in [3.63, 3.8) is 0 Å². The van der Waals surface area contributed by atoms with Crippen LogP contribution in [0.3, 0.4) is 0 Å². The molecule has 0 aliphatic heterocycles. The van der Waals surface area contributed by atoms with Gasteiger partial charge in [-0.05, 0) is 31.5 Å². The number of anilines is 1. The second-order valence-electron chi connectivity index (χ2n) is 6.37. The van der Waals surface area contributed by atoms with E-state index in [0.29, 0.717) is 10.9 Å². The van der Waals surface area contributed by atoms with E-state index in [2.05, 4.69) is 25.7 Å². The molecule has 0 unspecified atom stereocenters. The quantitative estimate of drug-likeness (QED) is 0.415. The van der Waals surface area contributed by atoms with Gasteiger partial charge in [0, 0.05) is 32.3 Å². The van der Waals surface area contributed by atoms with E-state index in [4.69, 9.17) is 19.7 Å². The van der Waals surface area contributed by atoms with Crippen molar-refractivity contribution in [2.45, 2.75) is 38.1 Å². The molecule has 0 amide bonds. The first kappa shape index (κ1) is 20.4. The minimum Gasteiger partial charge on any atom is -0.494 e. The van der Waals surface area contributed by atoms with Gasteiger partial charge in [-0.3, -0.25) is 0 Å². The van der Waals surface area contributed by atoms with Crippen LogP contribution in [0.25, 0.3) is 11.2 Å². The zero-order chi connectivity index (χ0) is 20.3. The van der Waals surface area contributed by atoms with Crippen LogP contribution in [0.5, 0.6) is 5.75 Å². The SMILES string of the molecule is CCc1nc2c(N(CC)CC)nc(SCc3ccc(OC)c(F)c3)nc2n1C. The lowest BCUT2D eigenvalue weighted by Crippen LogP contribution is -2.23. The zero-order valence-electron chi connectivity index (χ0n) is 17.0. The van der Waals surface area contributed by atoms with Gasteiger partial charge in [0.05, 0.1) is 7.11 Å². The highest BCUT2D eigenvalue weighted by atomic mass is 32.2. The van der Waals surface area contributed by atoms with E-state index in [-0.39, 0.29) is 11.6 Å². The summed E-state index contributed by atoms with van der Waals surface area (Å²) < 4.78 is 21.0. The number of nitrogens with zero attached hydrogens (tertiary/aromatic N) is 5. The predicted molar refractivity (Wildman–Crippen MR) is 112 cm³/mol. The number of ether oxygens (including phenoxy) is 1. The van der Waals surface area contributed by atoms with Crippen molar-refractivity contribution >= 4 is 28.7 Å². The van der Waals surface area contributed by atoms with Crippen LogP contribution >= 0.6 is 11.8 Å². The lowest BCUT2D eigenvalue weighted by molar-refractivity contribution is 0.386. The molecule has 3 rings (SSSR count). The number of benzene rings is 1. The number of thioether (sulfide) groups is 1. The molecule has 28 heavy (non-hydrogen) atoms. The highest BCUT2D eigenvalue weighted by molar-refractivity contribution is 7.98. The van der Waals surface area contributed by atoms with Crippen molar-refractivity contribution in [1.29, 1.82) is 0 Å². The average Bonchev–Trinajstić information content (AvgIpc) is 3.03. The number of hydrogen-bond acceptors (Lipinski definition) is 6. The Morgan fingerprint density at radius 1 is 1.14 bits per heavy atom. The number of rotatable bonds is 8. The van der Waals surface area contributed by atoms with Gasteiger partial charge in [-0.1, -0.05) is 24.8 Å². The van der Waals surface area contributed by atoms with Gasteiger partial charge in [-0.25, -0.2) is 19.3 Å². The first-order valence-electron chi connectivity index (χ1n) is 9.45. The largest absolute Gasteiger partial charge is 0.494 e. The number of hydrogen-bond donors (Lipinski definition) is 0. The zero-order valence-corrected chi connectivity index (χ0v) is 17.8. The maximum Gasteiger partial charge on any atom is 0.191 e. The van der Waals surface area contributed by atoms with Gasteiger partial charge in [-0.2, -0.15) is 0 Å². The lowest BCUT2D eigenvalue weighted by Gasteiger charge is -2.20. The molecule has 0 N–H and O–H groups in total. The first-order chi connectivity index (χ1) is 13.5. The second-order valence-corrected chi connectivity index (χ2v) is 7.31. The molecule has 0 fully saturated rings. The fraction of sp³-hybridized carbons (Fsp3) is 0.450. The number of fused-ring (bicyclic) bond motifs is 1. The molecule has 0 saturated heterocycles. The topological polar surface area (TPSA) is 56.1 Å². The summed E-state index contributed by atoms with van der Waals surface area (Å²) in [4.78, 5) is 16.5. The molecule has 0 bridgehead atoms. The Morgan fingerprint density at radius 2 is 1.89 bits per heavy atom. The van der Waals surface area contributed by atoms with Crippen molar-refractivity contribution in [2.24, 2.45) is 7.05 Å². The molecular formula is C20H26FN5OS. The van der Waals surface area contributed by atoms with Gasteiger partial charge < -0.3 is 14.2 Å². The Morgan fingerprint density at radius 3 is 2.50 bits per heavy atom. The smallest absolute Gasteiger partial charge is 0.191 e. The monoisotopic (exact) mass is 403 g/mol. The van der Waals surface area contributed by atoms with E-state index in [1.54, 1.807) is 6.07 Å². The molecule has 0 spiro atoms. The van der Waals surface area contributed by atoms with E-state index in [1.807, 2.05) is 17.7 Å². The molecule has 6 nitrogen and oxygen atoms in total. The van der Waals surface area contributed by atoms with Gasteiger partial charge in [0.15, 0.2) is 33.7 Å². The average molecular weight is 404 g/mol. The van der Waals surface area contributed by atoms with Crippen LogP contribution < -0.4 is 9.64 Å². The van der Waals surface area contributed by atoms with Crippen molar-refractivity contribution in [1.82, 2.24) is 19.5 Å². The third-order valence-corrected chi connectivity index (χ3v) is 5.65. The molecular weight excluding hydrogens is 377 g/mol. The van der Waals surface area contributed by atoms with Crippen molar-refractivity contribution in [3.8, 4) is 5.75 Å². The van der Waals surface area contributed by atoms with Gasteiger partial charge in [0.1, 0.15) is 5.82 Å². The van der Waals surface area contributed by atoms with Crippen molar-refractivity contribution in [3.05, 3.63) is 35.4 Å². The van der Waals surface area contributed by atoms with Crippen molar-refractivity contribution < 1.29 is 9.13 Å². The van der Waals surface area contributed by atoms with Gasteiger partial charge in [-0.15, -0.1) is 0 Å². The highest BCUT2D eigenvalue weighted by Crippen LogP contribution is 2.29. The molecule has 0 aliphatic carbocycles. The first-order valence-corrected chi connectivity index (χ1v) is 10.4. The summed E-state index contributed by atoms with van der Waals surface area (Å²) in [5.74, 6) is 2.30. The molecule has 0 saturated carbocycles. The van der Waals surface area contributed by atoms with Crippen LogP contribution in [0.4, 0.5) is 10.2 Å². The second kappa shape index (κ2) is 8.77. The maximum absolute atomic E-state index is 14.0. The van der Waals surface area contributed by atoms with E-state index in [0.717, 1.165) is 47.9 Å². The minimum absolute atomic E-state index is 0.247. The molecule has 150 valence electrons. The summed E-state index contributed by atoms with van der Waals surface area (Å²) in [6.45, 7) is 7.98. The van der Waals surface area contributed by atoms with E-state index >= 15 is 0 Å². The summed E-state index contributed by atoms with van der Waals surface area (Å²) in [6.07, 6.45) is 0.831. The molecule has 3 aromatic rings. The number of aromatic nitrogens is 4. The Balaban J connectivity index is 1.96.